The highest BCUT2D eigenvalue weighted by Gasteiger charge is 2.10. The molecule has 0 aromatic heterocycles. The highest BCUT2D eigenvalue weighted by Crippen LogP contribution is 2.21. The quantitative estimate of drug-likeness (QED) is 0.764. The maximum atomic E-state index is 11.1. The zero-order valence-corrected chi connectivity index (χ0v) is 12.7. The Bertz CT molecular complexity index is 426. The van der Waals surface area contributed by atoms with E-state index in [1.807, 2.05) is 7.05 Å². The average molecular weight is 331 g/mol. The summed E-state index contributed by atoms with van der Waals surface area (Å²) in [4.78, 5) is 13.2. The van der Waals surface area contributed by atoms with Gasteiger partial charge in [0.25, 0.3) is 0 Å². The van der Waals surface area contributed by atoms with Crippen molar-refractivity contribution in [3.05, 3.63) is 28.2 Å². The number of nitrogens with one attached hydrogen (secondary N) is 1. The van der Waals surface area contributed by atoms with Gasteiger partial charge < -0.3 is 20.1 Å². The van der Waals surface area contributed by atoms with Gasteiger partial charge in [0.1, 0.15) is 0 Å². The molecular formula is C13H19BrN2O3. The second-order valence-corrected chi connectivity index (χ2v) is 5.13. The first-order valence-corrected chi connectivity index (χ1v) is 6.78. The van der Waals surface area contributed by atoms with E-state index in [-0.39, 0.29) is 5.56 Å². The van der Waals surface area contributed by atoms with E-state index in [4.69, 9.17) is 9.84 Å². The number of carbonyl (C=O) groups is 1. The lowest BCUT2D eigenvalue weighted by atomic mass is 10.2. The lowest BCUT2D eigenvalue weighted by Crippen LogP contribution is -2.28. The molecule has 0 aliphatic heterocycles. The molecule has 0 unspecified atom stereocenters. The summed E-state index contributed by atoms with van der Waals surface area (Å²) in [6.07, 6.45) is 0. The third-order valence-electron chi connectivity index (χ3n) is 2.70. The summed E-state index contributed by atoms with van der Waals surface area (Å²) in [5, 5.41) is 12.2. The minimum absolute atomic E-state index is 0.280. The van der Waals surface area contributed by atoms with Gasteiger partial charge in [0.2, 0.25) is 0 Å². The van der Waals surface area contributed by atoms with Gasteiger partial charge in [0.15, 0.2) is 0 Å². The molecule has 1 aromatic rings. The van der Waals surface area contributed by atoms with Gasteiger partial charge in [-0.2, -0.15) is 0 Å². The number of likely N-dealkylation sites (N-methyl/N-ethyl adjacent to an activating group) is 1. The molecule has 106 valence electrons. The van der Waals surface area contributed by atoms with Crippen LogP contribution < -0.4 is 5.32 Å². The third kappa shape index (κ3) is 5.59. The van der Waals surface area contributed by atoms with E-state index in [2.05, 4.69) is 26.1 Å². The number of benzene rings is 1. The molecule has 0 amide bonds. The van der Waals surface area contributed by atoms with Gasteiger partial charge in [-0.15, -0.1) is 0 Å². The van der Waals surface area contributed by atoms with Gasteiger partial charge in [0.05, 0.1) is 12.2 Å². The fourth-order valence-electron chi connectivity index (χ4n) is 1.59. The summed E-state index contributed by atoms with van der Waals surface area (Å²) in [6.45, 7) is 3.03. The first-order valence-electron chi connectivity index (χ1n) is 5.98. The highest BCUT2D eigenvalue weighted by atomic mass is 79.9. The number of halogens is 1. The number of carboxylic acid groups (broad SMARTS) is 1. The van der Waals surface area contributed by atoms with E-state index >= 15 is 0 Å². The van der Waals surface area contributed by atoms with E-state index < -0.39 is 5.97 Å². The van der Waals surface area contributed by atoms with Crippen LogP contribution in [0.2, 0.25) is 0 Å². The number of aromatic carboxylic acids is 1. The number of nitrogens with zero attached hydrogens (tertiary/aromatic N) is 1. The van der Waals surface area contributed by atoms with Gasteiger partial charge in [-0.25, -0.2) is 4.79 Å². The van der Waals surface area contributed by atoms with Crippen LogP contribution in [-0.4, -0.2) is 56.4 Å². The lowest BCUT2D eigenvalue weighted by molar-refractivity contribution is 0.0698. The van der Waals surface area contributed by atoms with Crippen molar-refractivity contribution in [2.24, 2.45) is 0 Å². The Morgan fingerprint density at radius 2 is 2.21 bits per heavy atom. The van der Waals surface area contributed by atoms with Crippen LogP contribution in [0.15, 0.2) is 22.7 Å². The van der Waals surface area contributed by atoms with Crippen molar-refractivity contribution < 1.29 is 14.6 Å². The number of methoxy groups -OCH3 is 1. The van der Waals surface area contributed by atoms with Crippen molar-refractivity contribution in [2.45, 2.75) is 0 Å². The largest absolute Gasteiger partial charge is 0.478 e. The first kappa shape index (κ1) is 15.9. The summed E-state index contributed by atoms with van der Waals surface area (Å²) in [5.41, 5.74) is 0.907. The molecule has 2 N–H and O–H groups in total. The Hall–Kier alpha value is -1.11. The monoisotopic (exact) mass is 330 g/mol. The van der Waals surface area contributed by atoms with E-state index in [0.717, 1.165) is 17.6 Å². The van der Waals surface area contributed by atoms with Gasteiger partial charge in [-0.05, 0) is 25.2 Å². The molecule has 0 saturated heterocycles. The van der Waals surface area contributed by atoms with Crippen LogP contribution in [0.1, 0.15) is 10.4 Å². The summed E-state index contributed by atoms with van der Waals surface area (Å²) in [5.74, 6) is -0.928. The van der Waals surface area contributed by atoms with E-state index in [0.29, 0.717) is 18.8 Å². The molecule has 0 aliphatic carbocycles. The Balaban J connectivity index is 2.52. The van der Waals surface area contributed by atoms with Crippen LogP contribution >= 0.6 is 15.9 Å². The van der Waals surface area contributed by atoms with Crippen LogP contribution in [0.4, 0.5) is 5.69 Å². The van der Waals surface area contributed by atoms with Crippen molar-refractivity contribution in [3.8, 4) is 0 Å². The minimum atomic E-state index is -0.928. The number of carboxylic acids is 1. The molecule has 0 heterocycles. The fraction of sp³-hybridized carbons (Fsp3) is 0.462. The normalized spacial score (nSPS) is 10.7. The average Bonchev–Trinajstić information content (AvgIpc) is 2.36. The maximum absolute atomic E-state index is 11.1. The van der Waals surface area contributed by atoms with E-state index in [1.54, 1.807) is 25.3 Å². The van der Waals surface area contributed by atoms with Crippen molar-refractivity contribution in [1.29, 1.82) is 0 Å². The van der Waals surface area contributed by atoms with Crippen LogP contribution in [0.25, 0.3) is 0 Å². The zero-order valence-electron chi connectivity index (χ0n) is 11.1. The molecule has 19 heavy (non-hydrogen) atoms. The van der Waals surface area contributed by atoms with Crippen molar-refractivity contribution in [1.82, 2.24) is 4.90 Å². The molecule has 6 heteroatoms. The zero-order chi connectivity index (χ0) is 14.3. The van der Waals surface area contributed by atoms with E-state index in [1.165, 1.54) is 0 Å². The van der Waals surface area contributed by atoms with Crippen LogP contribution in [0, 0.1) is 0 Å². The molecule has 0 bridgehead atoms. The Morgan fingerprint density at radius 1 is 1.47 bits per heavy atom. The van der Waals surface area contributed by atoms with Crippen molar-refractivity contribution >= 4 is 27.6 Å². The standard InChI is InChI=1S/C13H19BrN2O3/c1-16(7-8-19-2)6-5-15-12-9-10(14)3-4-11(12)13(17)18/h3-4,9,15H,5-8H2,1-2H3,(H,17,18). The maximum Gasteiger partial charge on any atom is 0.337 e. The summed E-state index contributed by atoms with van der Waals surface area (Å²) >= 11 is 3.34. The van der Waals surface area contributed by atoms with Crippen LogP contribution in [-0.2, 0) is 4.74 Å². The smallest absolute Gasteiger partial charge is 0.337 e. The second-order valence-electron chi connectivity index (χ2n) is 4.22. The third-order valence-corrected chi connectivity index (χ3v) is 3.19. The molecule has 0 saturated carbocycles. The predicted octanol–water partition coefficient (Wildman–Crippen LogP) is 2.14. The molecule has 0 fully saturated rings. The highest BCUT2D eigenvalue weighted by molar-refractivity contribution is 9.10. The Labute approximate surface area is 121 Å². The lowest BCUT2D eigenvalue weighted by Gasteiger charge is -2.17. The molecule has 0 atom stereocenters. The van der Waals surface area contributed by atoms with Gasteiger partial charge in [0, 0.05) is 36.9 Å². The second kappa shape index (κ2) is 8.14. The minimum Gasteiger partial charge on any atom is -0.478 e. The topological polar surface area (TPSA) is 61.8 Å². The first-order chi connectivity index (χ1) is 9.04. The molecule has 1 rings (SSSR count). The number of rotatable bonds is 8. The SMILES string of the molecule is COCCN(C)CCNc1cc(Br)ccc1C(=O)O. The van der Waals surface area contributed by atoms with Gasteiger partial charge in [-0.1, -0.05) is 15.9 Å². The summed E-state index contributed by atoms with van der Waals surface area (Å²) in [7, 11) is 3.67. The number of hydrogen-bond acceptors (Lipinski definition) is 4. The Morgan fingerprint density at radius 3 is 2.84 bits per heavy atom. The van der Waals surface area contributed by atoms with Crippen LogP contribution in [0.5, 0.6) is 0 Å². The molecular weight excluding hydrogens is 312 g/mol. The Kier molecular flexibility index (Phi) is 6.83. The molecule has 1 aromatic carbocycles. The van der Waals surface area contributed by atoms with Crippen LogP contribution in [0.3, 0.4) is 0 Å². The molecule has 5 nitrogen and oxygen atoms in total. The van der Waals surface area contributed by atoms with E-state index in [9.17, 15) is 4.79 Å². The van der Waals surface area contributed by atoms with Crippen molar-refractivity contribution in [2.75, 3.05) is 45.7 Å². The fourth-order valence-corrected chi connectivity index (χ4v) is 1.95. The molecule has 0 radical (unpaired) electrons. The van der Waals surface area contributed by atoms with Gasteiger partial charge in [-0.3, -0.25) is 0 Å². The predicted molar refractivity (Wildman–Crippen MR) is 79.0 cm³/mol. The number of ether oxygens (including phenoxy) is 1. The molecule has 0 aliphatic rings. The molecule has 0 spiro atoms. The number of hydrogen-bond donors (Lipinski definition) is 2. The van der Waals surface area contributed by atoms with Crippen molar-refractivity contribution in [3.63, 3.8) is 0 Å². The summed E-state index contributed by atoms with van der Waals surface area (Å²) < 4.78 is 5.85. The van der Waals surface area contributed by atoms with Gasteiger partial charge >= 0.3 is 5.97 Å². The number of anilines is 1. The summed E-state index contributed by atoms with van der Waals surface area (Å²) in [6, 6.07) is 5.08.